The molecule has 0 aromatic heterocycles. The molecule has 2 aliphatic rings. The normalized spacial score (nSPS) is 21.5. The first kappa shape index (κ1) is 16.3. The SMILES string of the molecule is CC(C)c1ccc(N2CCC(N3CCCCC3)CC2)c(Br)c1. The van der Waals surface area contributed by atoms with Gasteiger partial charge in [0.2, 0.25) is 0 Å². The fourth-order valence-electron chi connectivity index (χ4n) is 3.89. The van der Waals surface area contributed by atoms with Crippen molar-refractivity contribution in [2.75, 3.05) is 31.1 Å². The number of hydrogen-bond donors (Lipinski definition) is 0. The van der Waals surface area contributed by atoms with Crippen LogP contribution in [-0.4, -0.2) is 37.1 Å². The maximum Gasteiger partial charge on any atom is 0.0510 e. The van der Waals surface area contributed by atoms with Gasteiger partial charge in [-0.25, -0.2) is 0 Å². The highest BCUT2D eigenvalue weighted by Crippen LogP contribution is 2.32. The van der Waals surface area contributed by atoms with Crippen LogP contribution >= 0.6 is 15.9 Å². The van der Waals surface area contributed by atoms with E-state index in [-0.39, 0.29) is 0 Å². The van der Waals surface area contributed by atoms with E-state index in [0.717, 1.165) is 6.04 Å². The minimum Gasteiger partial charge on any atom is -0.371 e. The molecule has 2 heterocycles. The van der Waals surface area contributed by atoms with E-state index in [1.54, 1.807) is 0 Å². The van der Waals surface area contributed by atoms with Gasteiger partial charge in [-0.3, -0.25) is 0 Å². The van der Waals surface area contributed by atoms with E-state index < -0.39 is 0 Å². The Labute approximate surface area is 144 Å². The third-order valence-corrected chi connectivity index (χ3v) is 5.99. The Bertz CT molecular complexity index is 486. The van der Waals surface area contributed by atoms with Gasteiger partial charge in [-0.2, -0.15) is 0 Å². The van der Waals surface area contributed by atoms with Crippen molar-refractivity contribution in [2.45, 2.75) is 57.9 Å². The van der Waals surface area contributed by atoms with Gasteiger partial charge < -0.3 is 9.80 Å². The Morgan fingerprint density at radius 3 is 2.27 bits per heavy atom. The second-order valence-corrected chi connectivity index (χ2v) is 8.03. The molecular formula is C19H29BrN2. The standard InChI is InChI=1S/C19H29BrN2/c1-15(2)16-6-7-19(18(20)14-16)22-12-8-17(9-13-22)21-10-4-3-5-11-21/h6-7,14-15,17H,3-5,8-13H2,1-2H3. The minimum atomic E-state index is 0.593. The van der Waals surface area contributed by atoms with Gasteiger partial charge in [-0.1, -0.05) is 26.3 Å². The molecule has 1 aromatic rings. The van der Waals surface area contributed by atoms with E-state index in [1.165, 1.54) is 74.0 Å². The lowest BCUT2D eigenvalue weighted by molar-refractivity contribution is 0.141. The molecular weight excluding hydrogens is 336 g/mol. The number of benzene rings is 1. The summed E-state index contributed by atoms with van der Waals surface area (Å²) < 4.78 is 1.26. The number of anilines is 1. The molecule has 1 aromatic carbocycles. The average Bonchev–Trinajstić information content (AvgIpc) is 2.56. The quantitative estimate of drug-likeness (QED) is 0.742. The third kappa shape index (κ3) is 3.68. The number of halogens is 1. The summed E-state index contributed by atoms with van der Waals surface area (Å²) in [5.74, 6) is 0.593. The summed E-state index contributed by atoms with van der Waals surface area (Å²) >= 11 is 3.79. The zero-order valence-corrected chi connectivity index (χ0v) is 15.6. The lowest BCUT2D eigenvalue weighted by Crippen LogP contribution is -2.46. The van der Waals surface area contributed by atoms with Gasteiger partial charge in [-0.05, 0) is 78.3 Å². The van der Waals surface area contributed by atoms with Gasteiger partial charge in [-0.15, -0.1) is 0 Å². The number of nitrogens with zero attached hydrogens (tertiary/aromatic N) is 2. The van der Waals surface area contributed by atoms with Crippen LogP contribution in [0.2, 0.25) is 0 Å². The topological polar surface area (TPSA) is 6.48 Å². The molecule has 0 spiro atoms. The Morgan fingerprint density at radius 1 is 1.00 bits per heavy atom. The Kier molecular flexibility index (Phi) is 5.46. The predicted octanol–water partition coefficient (Wildman–Crippen LogP) is 5.03. The Morgan fingerprint density at radius 2 is 1.68 bits per heavy atom. The van der Waals surface area contributed by atoms with Crippen LogP contribution in [0.4, 0.5) is 5.69 Å². The van der Waals surface area contributed by atoms with Crippen molar-refractivity contribution in [1.29, 1.82) is 0 Å². The monoisotopic (exact) mass is 364 g/mol. The first-order valence-corrected chi connectivity index (χ1v) is 9.73. The molecule has 0 unspecified atom stereocenters. The van der Waals surface area contributed by atoms with Gasteiger partial charge in [0.15, 0.2) is 0 Å². The molecule has 0 saturated carbocycles. The van der Waals surface area contributed by atoms with E-state index in [4.69, 9.17) is 0 Å². The van der Waals surface area contributed by atoms with Crippen LogP contribution in [0.1, 0.15) is 57.4 Å². The molecule has 0 radical (unpaired) electrons. The highest BCUT2D eigenvalue weighted by molar-refractivity contribution is 9.10. The first-order valence-electron chi connectivity index (χ1n) is 8.93. The van der Waals surface area contributed by atoms with Crippen molar-refractivity contribution in [1.82, 2.24) is 4.90 Å². The molecule has 2 aliphatic heterocycles. The lowest BCUT2D eigenvalue weighted by atomic mass is 9.98. The zero-order chi connectivity index (χ0) is 15.5. The largest absolute Gasteiger partial charge is 0.371 e. The molecule has 3 heteroatoms. The van der Waals surface area contributed by atoms with Crippen LogP contribution in [0.25, 0.3) is 0 Å². The van der Waals surface area contributed by atoms with E-state index in [2.05, 4.69) is 57.8 Å². The molecule has 2 nitrogen and oxygen atoms in total. The number of rotatable bonds is 3. The molecule has 0 aliphatic carbocycles. The smallest absolute Gasteiger partial charge is 0.0510 e. The molecule has 0 bridgehead atoms. The summed E-state index contributed by atoms with van der Waals surface area (Å²) in [7, 11) is 0. The van der Waals surface area contributed by atoms with Crippen molar-refractivity contribution in [3.8, 4) is 0 Å². The van der Waals surface area contributed by atoms with Crippen LogP contribution in [0.5, 0.6) is 0 Å². The van der Waals surface area contributed by atoms with Crippen molar-refractivity contribution in [3.63, 3.8) is 0 Å². The number of likely N-dealkylation sites (tertiary alicyclic amines) is 1. The van der Waals surface area contributed by atoms with Crippen LogP contribution in [0, 0.1) is 0 Å². The predicted molar refractivity (Wildman–Crippen MR) is 98.9 cm³/mol. The van der Waals surface area contributed by atoms with Crippen LogP contribution < -0.4 is 4.90 Å². The summed E-state index contributed by atoms with van der Waals surface area (Å²) in [4.78, 5) is 5.31. The summed E-state index contributed by atoms with van der Waals surface area (Å²) in [5, 5.41) is 0. The molecule has 2 saturated heterocycles. The van der Waals surface area contributed by atoms with Crippen LogP contribution in [0.15, 0.2) is 22.7 Å². The highest BCUT2D eigenvalue weighted by atomic mass is 79.9. The molecule has 22 heavy (non-hydrogen) atoms. The fraction of sp³-hybridized carbons (Fsp3) is 0.684. The van der Waals surface area contributed by atoms with Gasteiger partial charge in [0.05, 0.1) is 5.69 Å². The van der Waals surface area contributed by atoms with E-state index in [1.807, 2.05) is 0 Å². The van der Waals surface area contributed by atoms with Crippen LogP contribution in [-0.2, 0) is 0 Å². The molecule has 0 amide bonds. The summed E-state index contributed by atoms with van der Waals surface area (Å²) in [6.07, 6.45) is 6.88. The molecule has 122 valence electrons. The fourth-order valence-corrected chi connectivity index (χ4v) is 4.54. The van der Waals surface area contributed by atoms with E-state index >= 15 is 0 Å². The molecule has 0 atom stereocenters. The van der Waals surface area contributed by atoms with E-state index in [0.29, 0.717) is 5.92 Å². The highest BCUT2D eigenvalue weighted by Gasteiger charge is 2.26. The van der Waals surface area contributed by atoms with Gasteiger partial charge in [0.1, 0.15) is 0 Å². The molecule has 3 rings (SSSR count). The molecule has 2 fully saturated rings. The van der Waals surface area contributed by atoms with Crippen molar-refractivity contribution >= 4 is 21.6 Å². The maximum absolute atomic E-state index is 3.79. The van der Waals surface area contributed by atoms with Crippen molar-refractivity contribution in [3.05, 3.63) is 28.2 Å². The van der Waals surface area contributed by atoms with Crippen molar-refractivity contribution < 1.29 is 0 Å². The van der Waals surface area contributed by atoms with Gasteiger partial charge in [0, 0.05) is 23.6 Å². The Balaban J connectivity index is 1.61. The van der Waals surface area contributed by atoms with Crippen molar-refractivity contribution in [2.24, 2.45) is 0 Å². The first-order chi connectivity index (χ1) is 10.6. The average molecular weight is 365 g/mol. The minimum absolute atomic E-state index is 0.593. The summed E-state index contributed by atoms with van der Waals surface area (Å²) in [6, 6.07) is 7.73. The van der Waals surface area contributed by atoms with E-state index in [9.17, 15) is 0 Å². The summed E-state index contributed by atoms with van der Waals surface area (Å²) in [6.45, 7) is 9.56. The third-order valence-electron chi connectivity index (χ3n) is 5.35. The van der Waals surface area contributed by atoms with Gasteiger partial charge in [0.25, 0.3) is 0 Å². The van der Waals surface area contributed by atoms with Gasteiger partial charge >= 0.3 is 0 Å². The number of piperidine rings is 2. The second-order valence-electron chi connectivity index (χ2n) is 7.18. The Hall–Kier alpha value is -0.540. The summed E-state index contributed by atoms with van der Waals surface area (Å²) in [5.41, 5.74) is 2.79. The molecule has 0 N–H and O–H groups in total. The van der Waals surface area contributed by atoms with Crippen LogP contribution in [0.3, 0.4) is 0 Å². The lowest BCUT2D eigenvalue weighted by Gasteiger charge is -2.41. The maximum atomic E-state index is 3.79. The second kappa shape index (κ2) is 7.35. The number of hydrogen-bond acceptors (Lipinski definition) is 2. The zero-order valence-electron chi connectivity index (χ0n) is 14.0.